The molecule has 0 saturated heterocycles. The molecule has 0 bridgehead atoms. The zero-order chi connectivity index (χ0) is 15.4. The first-order valence-corrected chi connectivity index (χ1v) is 7.67. The van der Waals surface area contributed by atoms with Crippen LogP contribution in [0.15, 0.2) is 47.1 Å². The van der Waals surface area contributed by atoms with Crippen LogP contribution in [-0.2, 0) is 0 Å². The van der Waals surface area contributed by atoms with Crippen molar-refractivity contribution >= 4 is 0 Å². The minimum absolute atomic E-state index is 0.112. The van der Waals surface area contributed by atoms with E-state index in [-0.39, 0.29) is 6.61 Å². The number of hydrogen-bond acceptors (Lipinski definition) is 1. The van der Waals surface area contributed by atoms with E-state index in [4.69, 9.17) is 5.11 Å². The molecular formula is C19H32O. The second-order valence-corrected chi connectivity index (χ2v) is 5.91. The van der Waals surface area contributed by atoms with E-state index in [1.54, 1.807) is 0 Å². The van der Waals surface area contributed by atoms with Gasteiger partial charge in [0.15, 0.2) is 0 Å². The molecule has 0 fully saturated rings. The van der Waals surface area contributed by atoms with Crippen molar-refractivity contribution in [2.75, 3.05) is 6.61 Å². The van der Waals surface area contributed by atoms with Crippen LogP contribution in [0.25, 0.3) is 0 Å². The molecule has 0 rings (SSSR count). The number of aliphatic hydroxyl groups is 1. The molecule has 1 heteroatoms. The van der Waals surface area contributed by atoms with Crippen LogP contribution in [-0.4, -0.2) is 11.7 Å². The maximum absolute atomic E-state index is 8.88. The van der Waals surface area contributed by atoms with Gasteiger partial charge in [0.1, 0.15) is 0 Å². The molecule has 0 heterocycles. The molecule has 0 aromatic carbocycles. The summed E-state index contributed by atoms with van der Waals surface area (Å²) >= 11 is 0. The molecule has 0 unspecified atom stereocenters. The van der Waals surface area contributed by atoms with Crippen LogP contribution in [0, 0.1) is 0 Å². The first kappa shape index (κ1) is 18.9. The van der Waals surface area contributed by atoms with Gasteiger partial charge in [-0.3, -0.25) is 0 Å². The highest BCUT2D eigenvalue weighted by Gasteiger charge is 1.93. The van der Waals surface area contributed by atoms with Crippen LogP contribution in [0.5, 0.6) is 0 Å². The SMILES string of the molecule is C=C(CO)CC/C=C(\C)CC/C=C(\C)CCC=C(C)C. The summed E-state index contributed by atoms with van der Waals surface area (Å²) in [5.41, 5.74) is 5.25. The molecule has 0 aliphatic rings. The Kier molecular flexibility index (Phi) is 11.1. The fraction of sp³-hybridized carbons (Fsp3) is 0.579. The summed E-state index contributed by atoms with van der Waals surface area (Å²) in [7, 11) is 0. The molecule has 0 atom stereocenters. The highest BCUT2D eigenvalue weighted by molar-refractivity contribution is 5.06. The van der Waals surface area contributed by atoms with E-state index in [0.717, 1.165) is 37.7 Å². The van der Waals surface area contributed by atoms with Crippen LogP contribution in [0.1, 0.15) is 66.2 Å². The number of rotatable bonds is 10. The Balaban J connectivity index is 3.88. The van der Waals surface area contributed by atoms with Gasteiger partial charge in [-0.2, -0.15) is 0 Å². The van der Waals surface area contributed by atoms with Crippen molar-refractivity contribution in [3.05, 3.63) is 47.1 Å². The summed E-state index contributed by atoms with van der Waals surface area (Å²) < 4.78 is 0. The third-order valence-electron chi connectivity index (χ3n) is 3.34. The van der Waals surface area contributed by atoms with Gasteiger partial charge < -0.3 is 5.11 Å². The third kappa shape index (κ3) is 12.0. The van der Waals surface area contributed by atoms with Gasteiger partial charge in [-0.1, -0.05) is 47.1 Å². The number of allylic oxidation sites excluding steroid dienone is 6. The fourth-order valence-corrected chi connectivity index (χ4v) is 1.94. The molecule has 0 aromatic rings. The van der Waals surface area contributed by atoms with Gasteiger partial charge in [0, 0.05) is 0 Å². The standard InChI is InChI=1S/C19H32O/c1-16(2)9-6-10-17(3)11-7-12-18(4)13-8-14-19(5)15-20/h9,11,13,20H,5-8,10,12,14-15H2,1-4H3/b17-11+,18-13+. The second-order valence-electron chi connectivity index (χ2n) is 5.91. The van der Waals surface area contributed by atoms with Crippen molar-refractivity contribution in [3.8, 4) is 0 Å². The molecule has 0 amide bonds. The molecule has 0 radical (unpaired) electrons. The summed E-state index contributed by atoms with van der Waals surface area (Å²) in [4.78, 5) is 0. The number of aliphatic hydroxyl groups excluding tert-OH is 1. The Labute approximate surface area is 125 Å². The van der Waals surface area contributed by atoms with Gasteiger partial charge in [-0.25, -0.2) is 0 Å². The molecule has 0 spiro atoms. The van der Waals surface area contributed by atoms with E-state index in [0.29, 0.717) is 0 Å². The van der Waals surface area contributed by atoms with E-state index >= 15 is 0 Å². The van der Waals surface area contributed by atoms with E-state index in [2.05, 4.69) is 52.5 Å². The maximum atomic E-state index is 8.88. The molecule has 1 N–H and O–H groups in total. The Bertz CT molecular complexity index is 365. The summed E-state index contributed by atoms with van der Waals surface area (Å²) in [5.74, 6) is 0. The maximum Gasteiger partial charge on any atom is 0.0639 e. The predicted octanol–water partition coefficient (Wildman–Crippen LogP) is 5.73. The topological polar surface area (TPSA) is 20.2 Å². The Morgan fingerprint density at radius 3 is 1.70 bits per heavy atom. The van der Waals surface area contributed by atoms with E-state index in [1.807, 2.05) is 0 Å². The van der Waals surface area contributed by atoms with E-state index in [9.17, 15) is 0 Å². The molecular weight excluding hydrogens is 244 g/mol. The molecule has 0 aromatic heterocycles. The summed E-state index contributed by atoms with van der Waals surface area (Å²) in [5, 5.41) is 8.88. The quantitative estimate of drug-likeness (QED) is 0.505. The Morgan fingerprint density at radius 2 is 1.25 bits per heavy atom. The number of hydrogen-bond donors (Lipinski definition) is 1. The zero-order valence-corrected chi connectivity index (χ0v) is 13.8. The highest BCUT2D eigenvalue weighted by Crippen LogP contribution is 2.13. The minimum atomic E-state index is 0.112. The highest BCUT2D eigenvalue weighted by atomic mass is 16.3. The molecule has 20 heavy (non-hydrogen) atoms. The molecule has 114 valence electrons. The Morgan fingerprint density at radius 1 is 0.800 bits per heavy atom. The van der Waals surface area contributed by atoms with Crippen molar-refractivity contribution in [3.63, 3.8) is 0 Å². The molecule has 0 aliphatic carbocycles. The third-order valence-corrected chi connectivity index (χ3v) is 3.34. The van der Waals surface area contributed by atoms with E-state index < -0.39 is 0 Å². The van der Waals surface area contributed by atoms with Crippen LogP contribution >= 0.6 is 0 Å². The largest absolute Gasteiger partial charge is 0.392 e. The minimum Gasteiger partial charge on any atom is -0.392 e. The first-order valence-electron chi connectivity index (χ1n) is 7.67. The van der Waals surface area contributed by atoms with Crippen molar-refractivity contribution in [2.45, 2.75) is 66.2 Å². The van der Waals surface area contributed by atoms with Crippen molar-refractivity contribution < 1.29 is 5.11 Å². The average molecular weight is 276 g/mol. The van der Waals surface area contributed by atoms with Gasteiger partial charge in [0.05, 0.1) is 6.61 Å². The Hall–Kier alpha value is -1.08. The molecule has 1 nitrogen and oxygen atoms in total. The zero-order valence-electron chi connectivity index (χ0n) is 13.8. The smallest absolute Gasteiger partial charge is 0.0639 e. The van der Waals surface area contributed by atoms with Crippen LogP contribution in [0.4, 0.5) is 0 Å². The van der Waals surface area contributed by atoms with Crippen molar-refractivity contribution in [1.29, 1.82) is 0 Å². The van der Waals surface area contributed by atoms with Crippen molar-refractivity contribution in [1.82, 2.24) is 0 Å². The average Bonchev–Trinajstić information content (AvgIpc) is 2.38. The van der Waals surface area contributed by atoms with E-state index in [1.165, 1.54) is 23.1 Å². The summed E-state index contributed by atoms with van der Waals surface area (Å²) in [6, 6.07) is 0. The normalized spacial score (nSPS) is 12.4. The van der Waals surface area contributed by atoms with Gasteiger partial charge >= 0.3 is 0 Å². The van der Waals surface area contributed by atoms with Gasteiger partial charge in [-0.05, 0) is 66.2 Å². The lowest BCUT2D eigenvalue weighted by Gasteiger charge is -2.02. The van der Waals surface area contributed by atoms with Crippen molar-refractivity contribution in [2.24, 2.45) is 0 Å². The second kappa shape index (κ2) is 11.7. The van der Waals surface area contributed by atoms with Crippen LogP contribution in [0.3, 0.4) is 0 Å². The lowest BCUT2D eigenvalue weighted by Crippen LogP contribution is -1.87. The monoisotopic (exact) mass is 276 g/mol. The van der Waals surface area contributed by atoms with Gasteiger partial charge in [0.25, 0.3) is 0 Å². The lowest BCUT2D eigenvalue weighted by molar-refractivity contribution is 0.327. The van der Waals surface area contributed by atoms with Gasteiger partial charge in [0.2, 0.25) is 0 Å². The molecule has 0 aliphatic heterocycles. The lowest BCUT2D eigenvalue weighted by atomic mass is 10.0. The van der Waals surface area contributed by atoms with Crippen LogP contribution in [0.2, 0.25) is 0 Å². The summed E-state index contributed by atoms with van der Waals surface area (Å²) in [6.45, 7) is 12.6. The summed E-state index contributed by atoms with van der Waals surface area (Å²) in [6.07, 6.45) is 13.4. The van der Waals surface area contributed by atoms with Gasteiger partial charge in [-0.15, -0.1) is 0 Å². The fourth-order valence-electron chi connectivity index (χ4n) is 1.94. The predicted molar refractivity (Wildman–Crippen MR) is 90.9 cm³/mol. The van der Waals surface area contributed by atoms with Crippen LogP contribution < -0.4 is 0 Å². The molecule has 0 saturated carbocycles. The first-order chi connectivity index (χ1) is 9.45.